The van der Waals surface area contributed by atoms with Crippen molar-refractivity contribution in [1.29, 1.82) is 0 Å². The average Bonchev–Trinajstić information content (AvgIpc) is 2.97. The molecular weight excluding hydrogens is 332 g/mol. The number of carbonyl (C=O) groups excluding carboxylic acids is 1. The molecule has 0 aliphatic carbocycles. The first kappa shape index (κ1) is 18.2. The van der Waals surface area contributed by atoms with Crippen LogP contribution < -0.4 is 15.5 Å². The smallest absolute Gasteiger partial charge is 0.256 e. The summed E-state index contributed by atoms with van der Waals surface area (Å²) in [7, 11) is 0. The van der Waals surface area contributed by atoms with Crippen LogP contribution in [0.25, 0.3) is 0 Å². The largest absolute Gasteiger partial charge is 0.361 e. The fourth-order valence-corrected chi connectivity index (χ4v) is 3.16. The van der Waals surface area contributed by atoms with Crippen molar-refractivity contribution < 1.29 is 9.32 Å². The van der Waals surface area contributed by atoms with Crippen molar-refractivity contribution in [3.05, 3.63) is 28.8 Å². The van der Waals surface area contributed by atoms with Gasteiger partial charge in [-0.3, -0.25) is 4.79 Å². The van der Waals surface area contributed by atoms with Gasteiger partial charge < -0.3 is 20.1 Å². The minimum absolute atomic E-state index is 0.179. The molecule has 26 heavy (non-hydrogen) atoms. The Balaban J connectivity index is 1.53. The maximum absolute atomic E-state index is 12.2. The van der Waals surface area contributed by atoms with E-state index in [1.807, 2.05) is 13.0 Å². The molecule has 2 aromatic heterocycles. The molecule has 0 spiro atoms. The summed E-state index contributed by atoms with van der Waals surface area (Å²) >= 11 is 0. The molecule has 8 nitrogen and oxygen atoms in total. The Labute approximate surface area is 153 Å². The predicted octanol–water partition coefficient (Wildman–Crippen LogP) is 2.22. The zero-order chi connectivity index (χ0) is 18.5. The normalized spacial score (nSPS) is 14.3. The number of piperidine rings is 1. The van der Waals surface area contributed by atoms with Gasteiger partial charge in [-0.15, -0.1) is 0 Å². The van der Waals surface area contributed by atoms with Crippen molar-refractivity contribution in [3.8, 4) is 0 Å². The Kier molecular flexibility index (Phi) is 5.70. The highest BCUT2D eigenvalue weighted by Gasteiger charge is 2.17. The lowest BCUT2D eigenvalue weighted by atomic mass is 10.1. The van der Waals surface area contributed by atoms with Crippen LogP contribution in [-0.2, 0) is 0 Å². The molecule has 2 N–H and O–H groups in total. The highest BCUT2D eigenvalue weighted by atomic mass is 16.5. The Morgan fingerprint density at radius 2 is 1.92 bits per heavy atom. The van der Waals surface area contributed by atoms with E-state index in [4.69, 9.17) is 4.52 Å². The molecule has 2 aromatic rings. The number of aryl methyl sites for hydroxylation is 3. The molecule has 3 rings (SSSR count). The van der Waals surface area contributed by atoms with Crippen LogP contribution in [0.2, 0.25) is 0 Å². The molecule has 0 saturated carbocycles. The number of nitrogens with zero attached hydrogens (tertiary/aromatic N) is 4. The fourth-order valence-electron chi connectivity index (χ4n) is 3.16. The molecule has 0 atom stereocenters. The van der Waals surface area contributed by atoms with Gasteiger partial charge in [-0.05, 0) is 40.0 Å². The highest BCUT2D eigenvalue weighted by Crippen LogP contribution is 2.19. The summed E-state index contributed by atoms with van der Waals surface area (Å²) in [6.45, 7) is 8.55. The van der Waals surface area contributed by atoms with Crippen LogP contribution in [0.1, 0.15) is 46.8 Å². The van der Waals surface area contributed by atoms with E-state index in [1.165, 1.54) is 19.3 Å². The Bertz CT molecular complexity index is 748. The molecule has 0 unspecified atom stereocenters. The van der Waals surface area contributed by atoms with Gasteiger partial charge in [-0.25, -0.2) is 4.98 Å². The summed E-state index contributed by atoms with van der Waals surface area (Å²) in [6, 6.07) is 2.02. The number of anilines is 2. The van der Waals surface area contributed by atoms with E-state index in [2.05, 4.69) is 30.7 Å². The molecule has 1 amide bonds. The molecule has 3 heterocycles. The van der Waals surface area contributed by atoms with Crippen molar-refractivity contribution in [1.82, 2.24) is 20.4 Å². The number of amides is 1. The molecule has 140 valence electrons. The first-order valence-corrected chi connectivity index (χ1v) is 9.10. The van der Waals surface area contributed by atoms with Gasteiger partial charge in [0.1, 0.15) is 17.1 Å². The van der Waals surface area contributed by atoms with Crippen LogP contribution in [0.4, 0.5) is 11.8 Å². The average molecular weight is 358 g/mol. The van der Waals surface area contributed by atoms with Crippen LogP contribution in [0.5, 0.6) is 0 Å². The second kappa shape index (κ2) is 8.16. The second-order valence-electron chi connectivity index (χ2n) is 6.62. The van der Waals surface area contributed by atoms with E-state index in [0.29, 0.717) is 36.1 Å². The standard InChI is InChI=1S/C18H26N6O2/c1-12-11-15(24-9-5-4-6-10-24)22-18(21-12)20-8-7-19-17(25)16-13(2)23-26-14(16)3/h11H,4-10H2,1-3H3,(H,19,25)(H,20,21,22). The molecular formula is C18H26N6O2. The molecule has 0 radical (unpaired) electrons. The van der Waals surface area contributed by atoms with Crippen molar-refractivity contribution >= 4 is 17.7 Å². The van der Waals surface area contributed by atoms with Crippen LogP contribution in [0, 0.1) is 20.8 Å². The van der Waals surface area contributed by atoms with Gasteiger partial charge in [0.2, 0.25) is 5.95 Å². The SMILES string of the molecule is Cc1cc(N2CCCCC2)nc(NCCNC(=O)c2c(C)noc2C)n1. The molecule has 1 fully saturated rings. The van der Waals surface area contributed by atoms with Crippen LogP contribution in [-0.4, -0.2) is 47.2 Å². The number of aromatic nitrogens is 3. The minimum Gasteiger partial charge on any atom is -0.361 e. The van der Waals surface area contributed by atoms with Gasteiger partial charge in [-0.1, -0.05) is 5.16 Å². The summed E-state index contributed by atoms with van der Waals surface area (Å²) in [6.07, 6.45) is 3.70. The van der Waals surface area contributed by atoms with Gasteiger partial charge in [0.15, 0.2) is 0 Å². The number of rotatable bonds is 6. The van der Waals surface area contributed by atoms with E-state index < -0.39 is 0 Å². The third kappa shape index (κ3) is 4.30. The predicted molar refractivity (Wildman–Crippen MR) is 99.6 cm³/mol. The van der Waals surface area contributed by atoms with Crippen LogP contribution >= 0.6 is 0 Å². The Morgan fingerprint density at radius 1 is 1.15 bits per heavy atom. The first-order chi connectivity index (χ1) is 12.5. The van der Waals surface area contributed by atoms with Gasteiger partial charge in [0.25, 0.3) is 5.91 Å². The highest BCUT2D eigenvalue weighted by molar-refractivity contribution is 5.96. The van der Waals surface area contributed by atoms with Crippen LogP contribution in [0.15, 0.2) is 10.6 Å². The second-order valence-corrected chi connectivity index (χ2v) is 6.62. The lowest BCUT2D eigenvalue weighted by Gasteiger charge is -2.28. The molecule has 1 aliphatic heterocycles. The fraction of sp³-hybridized carbons (Fsp3) is 0.556. The maximum atomic E-state index is 12.2. The molecule has 0 aromatic carbocycles. The van der Waals surface area contributed by atoms with E-state index in [0.717, 1.165) is 24.6 Å². The number of hydrogen-bond donors (Lipinski definition) is 2. The summed E-state index contributed by atoms with van der Waals surface area (Å²) in [5, 5.41) is 9.86. The van der Waals surface area contributed by atoms with Crippen molar-refractivity contribution in [2.24, 2.45) is 0 Å². The minimum atomic E-state index is -0.179. The topological polar surface area (TPSA) is 96.2 Å². The summed E-state index contributed by atoms with van der Waals surface area (Å²) in [5.41, 5.74) is 2.04. The van der Waals surface area contributed by atoms with Gasteiger partial charge >= 0.3 is 0 Å². The van der Waals surface area contributed by atoms with E-state index in [9.17, 15) is 4.79 Å². The monoisotopic (exact) mass is 358 g/mol. The van der Waals surface area contributed by atoms with E-state index >= 15 is 0 Å². The quantitative estimate of drug-likeness (QED) is 0.764. The number of nitrogens with one attached hydrogen (secondary N) is 2. The van der Waals surface area contributed by atoms with E-state index in [1.54, 1.807) is 13.8 Å². The van der Waals surface area contributed by atoms with Gasteiger partial charge in [-0.2, -0.15) is 4.98 Å². The molecule has 1 saturated heterocycles. The molecule has 0 bridgehead atoms. The number of hydrogen-bond acceptors (Lipinski definition) is 7. The van der Waals surface area contributed by atoms with Gasteiger partial charge in [0.05, 0.1) is 5.69 Å². The third-order valence-corrected chi connectivity index (χ3v) is 4.47. The first-order valence-electron chi connectivity index (χ1n) is 9.10. The maximum Gasteiger partial charge on any atom is 0.256 e. The van der Waals surface area contributed by atoms with Crippen molar-refractivity contribution in [2.45, 2.75) is 40.0 Å². The third-order valence-electron chi connectivity index (χ3n) is 4.47. The van der Waals surface area contributed by atoms with E-state index in [-0.39, 0.29) is 5.91 Å². The molecule has 1 aliphatic rings. The number of carbonyl (C=O) groups is 1. The van der Waals surface area contributed by atoms with Crippen molar-refractivity contribution in [2.75, 3.05) is 36.4 Å². The van der Waals surface area contributed by atoms with Gasteiger partial charge in [0, 0.05) is 37.9 Å². The molecule has 8 heteroatoms. The summed E-state index contributed by atoms with van der Waals surface area (Å²) in [4.78, 5) is 23.6. The zero-order valence-electron chi connectivity index (χ0n) is 15.6. The van der Waals surface area contributed by atoms with Crippen LogP contribution in [0.3, 0.4) is 0 Å². The Morgan fingerprint density at radius 3 is 2.62 bits per heavy atom. The zero-order valence-corrected chi connectivity index (χ0v) is 15.6. The summed E-state index contributed by atoms with van der Waals surface area (Å²) in [5.74, 6) is 1.92. The lowest BCUT2D eigenvalue weighted by Crippen LogP contribution is -2.31. The van der Waals surface area contributed by atoms with Crippen molar-refractivity contribution in [3.63, 3.8) is 0 Å². The summed E-state index contributed by atoms with van der Waals surface area (Å²) < 4.78 is 5.02. The lowest BCUT2D eigenvalue weighted by molar-refractivity contribution is 0.0953. The Hall–Kier alpha value is -2.64.